The third-order valence-corrected chi connectivity index (χ3v) is 8.92. The second-order valence-electron chi connectivity index (χ2n) is 12.3. The highest BCUT2D eigenvalue weighted by atomic mass is 32.2. The maximum atomic E-state index is 13.6. The molecule has 0 bridgehead atoms. The second-order valence-corrected chi connectivity index (χ2v) is 13.1. The Labute approximate surface area is 266 Å². The van der Waals surface area contributed by atoms with E-state index in [1.165, 1.54) is 29.1 Å². The van der Waals surface area contributed by atoms with Gasteiger partial charge in [-0.2, -0.15) is 18.3 Å². The number of alkyl halides is 3. The van der Waals surface area contributed by atoms with Crippen LogP contribution in [0, 0.1) is 18.3 Å². The smallest absolute Gasteiger partial charge is 0.397 e. The SMILES string of the molecule is [B]C([B])([B])C1CN(c2nc(-n3ccc(OCC(C)(C)C(F)(F)F)n3)ccc2C(=O)NSc2cn(C)nc2C)C(C)(C)C1([B])[B]. The number of nitrogens with one attached hydrogen (secondary N) is 1. The summed E-state index contributed by atoms with van der Waals surface area (Å²) in [7, 11) is 33.2. The van der Waals surface area contributed by atoms with E-state index in [0.29, 0.717) is 0 Å². The molecule has 1 N–H and O–H groups in total. The predicted octanol–water partition coefficient (Wildman–Crippen LogP) is 2.96. The zero-order chi connectivity index (χ0) is 33.0. The van der Waals surface area contributed by atoms with Crippen LogP contribution in [0.25, 0.3) is 5.82 Å². The van der Waals surface area contributed by atoms with Crippen LogP contribution in [0.3, 0.4) is 0 Å². The number of rotatable bonds is 9. The Bertz CT molecular complexity index is 1540. The first-order valence-corrected chi connectivity index (χ1v) is 14.3. The molecule has 0 saturated carbocycles. The molecule has 44 heavy (non-hydrogen) atoms. The number of hydrogen-bond acceptors (Lipinski definition) is 7. The Hall–Kier alpha value is -2.90. The van der Waals surface area contributed by atoms with Crippen molar-refractivity contribution in [2.24, 2.45) is 18.4 Å². The van der Waals surface area contributed by atoms with Crippen LogP contribution in [0.1, 0.15) is 43.7 Å². The molecule has 3 aromatic heterocycles. The van der Waals surface area contributed by atoms with Crippen molar-refractivity contribution in [2.45, 2.75) is 61.6 Å². The number of ether oxygens (including phenoxy) is 1. The van der Waals surface area contributed by atoms with Crippen LogP contribution in [0.4, 0.5) is 19.0 Å². The van der Waals surface area contributed by atoms with E-state index in [4.69, 9.17) is 49.0 Å². The van der Waals surface area contributed by atoms with Gasteiger partial charge in [0.15, 0.2) is 5.82 Å². The molecule has 1 aliphatic heterocycles. The van der Waals surface area contributed by atoms with E-state index >= 15 is 0 Å². The standard InChI is InChI=1S/C26H29B5F3N7O2S/c1-14-16(11-39(6)36-14)44-38-21(42)15-7-8-18(41-10-9-19(37-41)43-13-22(2,3)26(32,33)34)35-20(15)40-12-17(25(29,30)31)24(27,28)23(40,4)5/h7-11,17H,12-13H2,1-6H3,(H,38,42). The van der Waals surface area contributed by atoms with Gasteiger partial charge in [0.25, 0.3) is 5.91 Å². The summed E-state index contributed by atoms with van der Waals surface area (Å²) in [5.41, 5.74) is -2.27. The molecule has 9 nitrogen and oxygen atoms in total. The summed E-state index contributed by atoms with van der Waals surface area (Å²) in [6.45, 7) is 6.81. The number of halogens is 3. The number of pyridine rings is 1. The maximum Gasteiger partial charge on any atom is 0.397 e. The van der Waals surface area contributed by atoms with Gasteiger partial charge in [0.05, 0.1) is 60.8 Å². The van der Waals surface area contributed by atoms with Gasteiger partial charge in [-0.1, -0.05) is 5.21 Å². The summed E-state index contributed by atoms with van der Waals surface area (Å²) in [4.78, 5) is 20.8. The summed E-state index contributed by atoms with van der Waals surface area (Å²) in [5, 5.41) is 5.24. The fourth-order valence-corrected chi connectivity index (χ4v) is 5.48. The molecular formula is C26H29B5F3N7O2S. The van der Waals surface area contributed by atoms with Crippen molar-refractivity contribution in [1.82, 2.24) is 29.3 Å². The Balaban J connectivity index is 1.72. The summed E-state index contributed by atoms with van der Waals surface area (Å²) < 4.78 is 51.0. The average molecular weight is 615 g/mol. The van der Waals surface area contributed by atoms with Crippen LogP contribution in [-0.2, 0) is 7.05 Å². The van der Waals surface area contributed by atoms with Crippen molar-refractivity contribution in [1.29, 1.82) is 0 Å². The number of nitrogens with zero attached hydrogens (tertiary/aromatic N) is 6. The van der Waals surface area contributed by atoms with Gasteiger partial charge in [0, 0.05) is 37.6 Å². The molecular weight excluding hydrogens is 585 g/mol. The normalized spacial score (nSPS) is 18.4. The summed E-state index contributed by atoms with van der Waals surface area (Å²) in [6.07, 6.45) is -1.22. The number of hydrogen-bond donors (Lipinski definition) is 1. The molecule has 18 heteroatoms. The maximum absolute atomic E-state index is 13.6. The first kappa shape index (κ1) is 34.0. The Kier molecular flexibility index (Phi) is 8.86. The molecule has 1 unspecified atom stereocenters. The minimum absolute atomic E-state index is 0.0422. The lowest BCUT2D eigenvalue weighted by Crippen LogP contribution is -2.48. The molecule has 3 aromatic rings. The van der Waals surface area contributed by atoms with Crippen LogP contribution in [0.2, 0.25) is 10.3 Å². The molecule has 10 radical (unpaired) electrons. The highest BCUT2D eigenvalue weighted by Gasteiger charge is 2.56. The van der Waals surface area contributed by atoms with Crippen LogP contribution in [0.15, 0.2) is 35.5 Å². The molecule has 1 fully saturated rings. The highest BCUT2D eigenvalue weighted by Crippen LogP contribution is 2.57. The molecule has 222 valence electrons. The fourth-order valence-electron chi connectivity index (χ4n) is 4.78. The van der Waals surface area contributed by atoms with Gasteiger partial charge in [-0.25, -0.2) is 9.67 Å². The van der Waals surface area contributed by atoms with Crippen molar-refractivity contribution >= 4 is 62.9 Å². The number of carbonyl (C=O) groups is 1. The Morgan fingerprint density at radius 1 is 1.16 bits per heavy atom. The minimum atomic E-state index is -4.47. The monoisotopic (exact) mass is 615 g/mol. The lowest BCUT2D eigenvalue weighted by Gasteiger charge is -2.47. The first-order valence-electron chi connectivity index (χ1n) is 13.5. The summed E-state index contributed by atoms with van der Waals surface area (Å²) >= 11 is 1.09. The third-order valence-electron chi connectivity index (χ3n) is 8.01. The lowest BCUT2D eigenvalue weighted by molar-refractivity contribution is -0.219. The first-order chi connectivity index (χ1) is 20.1. The van der Waals surface area contributed by atoms with Gasteiger partial charge in [-0.15, -0.1) is 10.2 Å². The molecule has 1 aliphatic rings. The predicted molar refractivity (Wildman–Crippen MR) is 167 cm³/mol. The molecule has 4 rings (SSSR count). The Morgan fingerprint density at radius 2 is 1.82 bits per heavy atom. The third kappa shape index (κ3) is 6.41. The van der Waals surface area contributed by atoms with E-state index in [-0.39, 0.29) is 29.6 Å². The van der Waals surface area contributed by atoms with Crippen LogP contribution >= 0.6 is 11.9 Å². The highest BCUT2D eigenvalue weighted by molar-refractivity contribution is 7.98. The molecule has 4 heterocycles. The number of aryl methyl sites for hydroxylation is 2. The van der Waals surface area contributed by atoms with Gasteiger partial charge in [0.2, 0.25) is 5.88 Å². The zero-order valence-electron chi connectivity index (χ0n) is 25.3. The lowest BCUT2D eigenvalue weighted by atomic mass is 9.28. The molecule has 0 aliphatic carbocycles. The number of carbonyl (C=O) groups excluding carboxylic acids is 1. The number of aromatic nitrogens is 5. The van der Waals surface area contributed by atoms with Crippen molar-refractivity contribution < 1.29 is 22.7 Å². The molecule has 0 spiro atoms. The molecule has 1 amide bonds. The van der Waals surface area contributed by atoms with Gasteiger partial charge in [-0.05, 0) is 64.6 Å². The molecule has 0 aromatic carbocycles. The fraction of sp³-hybridized carbons (Fsp3) is 0.538. The number of amides is 1. The van der Waals surface area contributed by atoms with E-state index in [9.17, 15) is 18.0 Å². The summed E-state index contributed by atoms with van der Waals surface area (Å²) in [5.74, 6) is -0.947. The van der Waals surface area contributed by atoms with E-state index in [0.717, 1.165) is 36.4 Å². The zero-order valence-corrected chi connectivity index (χ0v) is 26.1. The number of anilines is 1. The Morgan fingerprint density at radius 3 is 2.36 bits per heavy atom. The van der Waals surface area contributed by atoms with Gasteiger partial charge >= 0.3 is 6.18 Å². The van der Waals surface area contributed by atoms with Crippen molar-refractivity contribution in [3.63, 3.8) is 0 Å². The quantitative estimate of drug-likeness (QED) is 0.293. The molecule has 1 saturated heterocycles. The van der Waals surface area contributed by atoms with Gasteiger partial charge < -0.3 is 9.64 Å². The topological polar surface area (TPSA) is 90.1 Å². The largest absolute Gasteiger partial charge is 0.476 e. The van der Waals surface area contributed by atoms with Crippen molar-refractivity contribution in [2.75, 3.05) is 18.1 Å². The van der Waals surface area contributed by atoms with E-state index < -0.39 is 45.9 Å². The van der Waals surface area contributed by atoms with E-state index in [2.05, 4.69) is 14.9 Å². The molecule has 1 atom stereocenters. The minimum Gasteiger partial charge on any atom is -0.476 e. The van der Waals surface area contributed by atoms with Crippen LogP contribution < -0.4 is 14.4 Å². The van der Waals surface area contributed by atoms with E-state index in [1.807, 2.05) is 6.92 Å². The van der Waals surface area contributed by atoms with Crippen LogP contribution in [0.5, 0.6) is 5.88 Å². The van der Waals surface area contributed by atoms with Crippen molar-refractivity contribution in [3.05, 3.63) is 41.9 Å². The van der Waals surface area contributed by atoms with Gasteiger partial charge in [-0.3, -0.25) is 14.2 Å². The van der Waals surface area contributed by atoms with Gasteiger partial charge in [0.1, 0.15) is 12.4 Å². The second kappa shape index (κ2) is 11.5. The van der Waals surface area contributed by atoms with Crippen molar-refractivity contribution in [3.8, 4) is 11.7 Å². The summed E-state index contributed by atoms with van der Waals surface area (Å²) in [6, 6.07) is 4.48. The average Bonchev–Trinajstić information content (AvgIpc) is 3.54. The van der Waals surface area contributed by atoms with E-state index in [1.54, 1.807) is 36.7 Å². The van der Waals surface area contributed by atoms with Crippen LogP contribution in [-0.4, -0.2) is 94.6 Å².